The van der Waals surface area contributed by atoms with Crippen LogP contribution in [0, 0.1) is 11.3 Å². The molecule has 0 radical (unpaired) electrons. The number of nitrogens with zero attached hydrogens (tertiary/aromatic N) is 1. The number of nitriles is 1. The van der Waals surface area contributed by atoms with Crippen LogP contribution in [-0.2, 0) is 22.4 Å². The van der Waals surface area contributed by atoms with Crippen LogP contribution in [-0.4, -0.2) is 38.8 Å². The molecule has 2 heterocycles. The van der Waals surface area contributed by atoms with Crippen LogP contribution in [0.15, 0.2) is 0 Å². The van der Waals surface area contributed by atoms with E-state index in [0.29, 0.717) is 12.0 Å². The van der Waals surface area contributed by atoms with Crippen molar-refractivity contribution in [2.75, 3.05) is 38.2 Å². The third-order valence-electron chi connectivity index (χ3n) is 4.44. The van der Waals surface area contributed by atoms with Gasteiger partial charge < -0.3 is 15.0 Å². The van der Waals surface area contributed by atoms with Gasteiger partial charge in [0, 0.05) is 4.88 Å². The molecule has 5 nitrogen and oxygen atoms in total. The van der Waals surface area contributed by atoms with Crippen LogP contribution in [0.5, 0.6) is 0 Å². The van der Waals surface area contributed by atoms with Gasteiger partial charge >= 0.3 is 0 Å². The number of morpholine rings is 1. The third-order valence-corrected chi connectivity index (χ3v) is 5.65. The van der Waals surface area contributed by atoms with E-state index in [1.54, 1.807) is 11.3 Å². The number of carbonyl (C=O) groups is 1. The molecular weight excluding hydrogens is 298 g/mol. The number of rotatable bonds is 4. The zero-order valence-electron chi connectivity index (χ0n) is 12.7. The average Bonchev–Trinajstić information content (AvgIpc) is 2.91. The maximum atomic E-state index is 12.2. The molecule has 3 rings (SSSR count). The number of hydrogen-bond donors (Lipinski definition) is 2. The first-order chi connectivity index (χ1) is 10.8. The molecule has 1 amide bonds. The summed E-state index contributed by atoms with van der Waals surface area (Å²) in [5.74, 6) is 0.0223. The monoisotopic (exact) mass is 320 g/mol. The van der Waals surface area contributed by atoms with Crippen LogP contribution >= 0.6 is 11.3 Å². The molecule has 6 heteroatoms. The van der Waals surface area contributed by atoms with Gasteiger partial charge in [-0.3, -0.25) is 4.79 Å². The summed E-state index contributed by atoms with van der Waals surface area (Å²) in [5.41, 5.74) is 1.87. The van der Waals surface area contributed by atoms with Crippen LogP contribution in [0.1, 0.15) is 35.3 Å². The van der Waals surface area contributed by atoms with Gasteiger partial charge in [-0.15, -0.1) is 11.3 Å². The van der Waals surface area contributed by atoms with Crippen LogP contribution in [0.2, 0.25) is 0 Å². The fraction of sp³-hybridized carbons (Fsp3) is 0.625. The number of anilines is 1. The molecule has 1 fully saturated rings. The minimum Gasteiger partial charge on any atom is -0.370 e. The summed E-state index contributed by atoms with van der Waals surface area (Å²) in [5, 5.41) is 13.1. The highest BCUT2D eigenvalue weighted by molar-refractivity contribution is 7.16. The highest BCUT2D eigenvalue weighted by atomic mass is 32.1. The summed E-state index contributed by atoms with van der Waals surface area (Å²) < 4.78 is 5.32. The second kappa shape index (κ2) is 7.23. The lowest BCUT2D eigenvalue weighted by molar-refractivity contribution is -0.907. The van der Waals surface area contributed by atoms with Crippen molar-refractivity contribution in [1.82, 2.24) is 0 Å². The molecule has 0 atom stereocenters. The van der Waals surface area contributed by atoms with Gasteiger partial charge in [-0.25, -0.2) is 0 Å². The molecule has 118 valence electrons. The van der Waals surface area contributed by atoms with Crippen LogP contribution in [0.3, 0.4) is 0 Å². The van der Waals surface area contributed by atoms with Crippen molar-refractivity contribution in [3.8, 4) is 6.07 Å². The van der Waals surface area contributed by atoms with Crippen LogP contribution < -0.4 is 10.2 Å². The number of aryl methyl sites for hydroxylation is 1. The van der Waals surface area contributed by atoms with Crippen molar-refractivity contribution in [2.24, 2.45) is 0 Å². The fourth-order valence-corrected chi connectivity index (χ4v) is 4.42. The molecule has 1 aromatic heterocycles. The summed E-state index contributed by atoms with van der Waals surface area (Å²) in [7, 11) is 0. The predicted octanol–water partition coefficient (Wildman–Crippen LogP) is 0.742. The fourth-order valence-electron chi connectivity index (χ4n) is 3.16. The summed E-state index contributed by atoms with van der Waals surface area (Å²) in [6.07, 6.45) is 4.85. The van der Waals surface area contributed by atoms with E-state index >= 15 is 0 Å². The van der Waals surface area contributed by atoms with Crippen molar-refractivity contribution in [2.45, 2.75) is 32.1 Å². The zero-order valence-corrected chi connectivity index (χ0v) is 13.6. The Morgan fingerprint density at radius 2 is 2.09 bits per heavy atom. The molecule has 0 bridgehead atoms. The second-order valence-corrected chi connectivity index (χ2v) is 7.04. The Kier molecular flexibility index (Phi) is 5.08. The minimum absolute atomic E-state index is 0.0223. The molecule has 1 aliphatic heterocycles. The van der Waals surface area contributed by atoms with Crippen molar-refractivity contribution in [1.29, 1.82) is 5.26 Å². The second-order valence-electron chi connectivity index (χ2n) is 5.94. The standard InChI is InChI=1S/C16H21N3O2S/c17-11-13-12-3-1-2-4-14(12)22-16(13)18-15(20)5-6-19-7-9-21-10-8-19/h1-10H2,(H,18,20)/p+1. The first-order valence-corrected chi connectivity index (χ1v) is 8.85. The van der Waals surface area contributed by atoms with Crippen molar-refractivity contribution in [3.05, 3.63) is 16.0 Å². The smallest absolute Gasteiger partial charge is 0.230 e. The molecule has 1 saturated heterocycles. The van der Waals surface area contributed by atoms with Gasteiger partial charge in [-0.2, -0.15) is 5.26 Å². The molecule has 0 spiro atoms. The van der Waals surface area contributed by atoms with Gasteiger partial charge in [0.25, 0.3) is 0 Å². The normalized spacial score (nSPS) is 18.5. The van der Waals surface area contributed by atoms with Crippen molar-refractivity contribution in [3.63, 3.8) is 0 Å². The van der Waals surface area contributed by atoms with E-state index < -0.39 is 0 Å². The average molecular weight is 320 g/mol. The minimum atomic E-state index is 0.0223. The SMILES string of the molecule is N#Cc1c(NC(=O)CC[NH+]2CCOCC2)sc2c1CCCC2. The Hall–Kier alpha value is -1.42. The van der Waals surface area contributed by atoms with Gasteiger partial charge in [-0.1, -0.05) is 0 Å². The molecule has 2 aliphatic rings. The van der Waals surface area contributed by atoms with E-state index in [1.807, 2.05) is 0 Å². The van der Waals surface area contributed by atoms with Crippen molar-refractivity contribution >= 4 is 22.2 Å². The van der Waals surface area contributed by atoms with E-state index in [2.05, 4.69) is 11.4 Å². The molecule has 22 heavy (non-hydrogen) atoms. The lowest BCUT2D eigenvalue weighted by atomic mass is 9.96. The van der Waals surface area contributed by atoms with Gasteiger partial charge in [0.1, 0.15) is 24.2 Å². The number of amides is 1. The molecule has 1 aromatic rings. The van der Waals surface area contributed by atoms with Gasteiger partial charge in [0.15, 0.2) is 0 Å². The maximum absolute atomic E-state index is 12.2. The molecular formula is C16H22N3O2S+. The topological polar surface area (TPSA) is 66.6 Å². The summed E-state index contributed by atoms with van der Waals surface area (Å²) in [6.45, 7) is 4.36. The highest BCUT2D eigenvalue weighted by Crippen LogP contribution is 2.37. The Balaban J connectivity index is 1.59. The lowest BCUT2D eigenvalue weighted by Gasteiger charge is -2.23. The number of ether oxygens (including phenoxy) is 1. The largest absolute Gasteiger partial charge is 0.370 e. The van der Waals surface area contributed by atoms with Gasteiger partial charge in [0.2, 0.25) is 5.91 Å². The first-order valence-electron chi connectivity index (χ1n) is 8.03. The summed E-state index contributed by atoms with van der Waals surface area (Å²) in [4.78, 5) is 14.9. The Labute approximate surface area is 134 Å². The van der Waals surface area contributed by atoms with E-state index in [9.17, 15) is 10.1 Å². The molecule has 0 unspecified atom stereocenters. The molecule has 0 saturated carbocycles. The Bertz CT molecular complexity index is 585. The van der Waals surface area contributed by atoms with E-state index in [-0.39, 0.29) is 5.91 Å². The van der Waals surface area contributed by atoms with Crippen LogP contribution in [0.4, 0.5) is 5.00 Å². The molecule has 0 aromatic carbocycles. The van der Waals surface area contributed by atoms with Crippen molar-refractivity contribution < 1.29 is 14.4 Å². The number of quaternary nitrogens is 1. The number of nitrogens with one attached hydrogen (secondary N) is 2. The predicted molar refractivity (Wildman–Crippen MR) is 85.3 cm³/mol. The zero-order chi connectivity index (χ0) is 15.4. The van der Waals surface area contributed by atoms with E-state index in [1.165, 1.54) is 21.8 Å². The Morgan fingerprint density at radius 1 is 1.32 bits per heavy atom. The third kappa shape index (κ3) is 3.49. The summed E-state index contributed by atoms with van der Waals surface area (Å²) in [6, 6.07) is 2.29. The first kappa shape index (κ1) is 15.5. The van der Waals surface area contributed by atoms with Gasteiger partial charge in [0.05, 0.1) is 31.7 Å². The van der Waals surface area contributed by atoms with E-state index in [4.69, 9.17) is 4.74 Å². The van der Waals surface area contributed by atoms with E-state index in [0.717, 1.165) is 57.1 Å². The number of fused-ring (bicyclic) bond motifs is 1. The lowest BCUT2D eigenvalue weighted by Crippen LogP contribution is -3.14. The quantitative estimate of drug-likeness (QED) is 0.860. The number of hydrogen-bond acceptors (Lipinski definition) is 4. The summed E-state index contributed by atoms with van der Waals surface area (Å²) >= 11 is 1.60. The number of thiophene rings is 1. The van der Waals surface area contributed by atoms with Gasteiger partial charge in [-0.05, 0) is 31.2 Å². The number of carbonyl (C=O) groups excluding carboxylic acids is 1. The maximum Gasteiger partial charge on any atom is 0.230 e. The highest BCUT2D eigenvalue weighted by Gasteiger charge is 2.22. The Morgan fingerprint density at radius 3 is 2.86 bits per heavy atom. The molecule has 2 N–H and O–H groups in total. The molecule has 1 aliphatic carbocycles. The van der Waals surface area contributed by atoms with Crippen LogP contribution in [0.25, 0.3) is 0 Å².